The molecule has 0 aliphatic carbocycles. The normalized spacial score (nSPS) is 14.5. The molecule has 0 unspecified atom stereocenters. The first-order valence-corrected chi connectivity index (χ1v) is 6.21. The molecule has 2 aliphatic rings. The number of hydrogen-bond donors (Lipinski definition) is 4. The lowest BCUT2D eigenvalue weighted by atomic mass is 10.1. The van der Waals surface area contributed by atoms with E-state index in [9.17, 15) is 9.59 Å². The first-order valence-electron chi connectivity index (χ1n) is 6.21. The van der Waals surface area contributed by atoms with E-state index in [0.29, 0.717) is 5.69 Å². The molecule has 7 heteroatoms. The Labute approximate surface area is 119 Å². The molecule has 110 valence electrons. The third kappa shape index (κ3) is 3.22. The third-order valence-corrected chi connectivity index (χ3v) is 2.88. The van der Waals surface area contributed by atoms with Crippen LogP contribution in [0.3, 0.4) is 0 Å². The fourth-order valence-electron chi connectivity index (χ4n) is 1.80. The van der Waals surface area contributed by atoms with Crippen LogP contribution in [0.25, 0.3) is 12.2 Å². The highest BCUT2D eigenvalue weighted by molar-refractivity contribution is 6.52. The Hall–Kier alpha value is -2.35. The van der Waals surface area contributed by atoms with Gasteiger partial charge in [-0.25, -0.2) is 0 Å². The van der Waals surface area contributed by atoms with Gasteiger partial charge in [-0.1, -0.05) is 6.07 Å². The lowest BCUT2D eigenvalue weighted by Crippen LogP contribution is -2.33. The van der Waals surface area contributed by atoms with Crippen molar-refractivity contribution in [3.63, 3.8) is 0 Å². The van der Waals surface area contributed by atoms with Crippen molar-refractivity contribution >= 4 is 29.5 Å². The smallest absolute Gasteiger partial charge is 0.296 e. The van der Waals surface area contributed by atoms with Gasteiger partial charge in [0.25, 0.3) is 5.91 Å². The molecule has 1 aromatic carbocycles. The number of aliphatic hydroxyl groups excluding tert-OH is 3. The maximum absolute atomic E-state index is 11.2. The zero-order valence-electron chi connectivity index (χ0n) is 11.0. The molecule has 3 rings (SSSR count). The molecule has 1 aromatic rings. The van der Waals surface area contributed by atoms with Crippen molar-refractivity contribution in [3.05, 3.63) is 34.5 Å². The molecule has 0 saturated heterocycles. The zero-order chi connectivity index (χ0) is 15.4. The van der Waals surface area contributed by atoms with Crippen molar-refractivity contribution in [2.24, 2.45) is 4.99 Å². The van der Waals surface area contributed by atoms with Gasteiger partial charge in [0.1, 0.15) is 6.10 Å². The van der Waals surface area contributed by atoms with E-state index in [1.807, 2.05) is 12.1 Å². The minimum absolute atomic E-state index is 0.365. The van der Waals surface area contributed by atoms with Crippen LogP contribution in [-0.2, 0) is 9.59 Å². The lowest BCUT2D eigenvalue weighted by Gasteiger charge is -2.11. The number of aliphatic hydroxyl groups is 3. The van der Waals surface area contributed by atoms with E-state index in [1.165, 1.54) is 6.08 Å². The molecule has 2 heterocycles. The summed E-state index contributed by atoms with van der Waals surface area (Å²) in [4.78, 5) is 26.5. The Kier molecular flexibility index (Phi) is 4.59. The van der Waals surface area contributed by atoms with Crippen molar-refractivity contribution in [2.75, 3.05) is 18.5 Å². The number of Topliss-reactive ketones (excluding diaryl/α,β-unsaturated/α-hetero) is 1. The summed E-state index contributed by atoms with van der Waals surface area (Å²) in [5, 5.41) is 28.1. The summed E-state index contributed by atoms with van der Waals surface area (Å²) in [6.45, 7) is -0.729. The molecule has 21 heavy (non-hydrogen) atoms. The van der Waals surface area contributed by atoms with Crippen LogP contribution in [0.2, 0.25) is 0 Å². The van der Waals surface area contributed by atoms with Crippen molar-refractivity contribution in [1.29, 1.82) is 0 Å². The molecule has 4 N–H and O–H groups in total. The van der Waals surface area contributed by atoms with Gasteiger partial charge in [0.05, 0.1) is 24.3 Å². The number of hydrogen-bond acceptors (Lipinski definition) is 6. The molecular formula is C14H14N2O5. The Morgan fingerprint density at radius 1 is 1.19 bits per heavy atom. The number of amides is 1. The van der Waals surface area contributed by atoms with Crippen LogP contribution in [0.1, 0.15) is 5.56 Å². The summed E-state index contributed by atoms with van der Waals surface area (Å²) in [6, 6.07) is 3.61. The summed E-state index contributed by atoms with van der Waals surface area (Å²) in [5.41, 5.74) is 1.54. The van der Waals surface area contributed by atoms with E-state index in [1.54, 1.807) is 12.3 Å². The van der Waals surface area contributed by atoms with Crippen LogP contribution in [0.15, 0.2) is 23.3 Å². The Balaban J connectivity index is 0.000000232. The second-order valence-corrected chi connectivity index (χ2v) is 4.39. The number of fused-ring (bicyclic) bond motifs is 3. The van der Waals surface area contributed by atoms with Crippen LogP contribution in [0, 0.1) is 0 Å². The van der Waals surface area contributed by atoms with E-state index < -0.39 is 17.8 Å². The van der Waals surface area contributed by atoms with Gasteiger partial charge >= 0.3 is 0 Å². The number of rotatable bonds is 2. The summed E-state index contributed by atoms with van der Waals surface area (Å²) >= 11 is 0. The van der Waals surface area contributed by atoms with Gasteiger partial charge in [0, 0.05) is 23.1 Å². The van der Waals surface area contributed by atoms with Gasteiger partial charge in [0.2, 0.25) is 5.78 Å². The SMILES string of the molecule is O=C1C=c2ccc3c(c2NC1=O)C=CN=3.OCC(O)CO. The number of nitrogens with zero attached hydrogens (tertiary/aromatic N) is 1. The maximum atomic E-state index is 11.2. The predicted octanol–water partition coefficient (Wildman–Crippen LogP) is -2.08. The maximum Gasteiger partial charge on any atom is 0.296 e. The topological polar surface area (TPSA) is 119 Å². The highest BCUT2D eigenvalue weighted by Gasteiger charge is 2.19. The van der Waals surface area contributed by atoms with E-state index >= 15 is 0 Å². The largest absolute Gasteiger partial charge is 0.394 e. The molecule has 7 nitrogen and oxygen atoms in total. The highest BCUT2D eigenvalue weighted by Crippen LogP contribution is 2.13. The molecule has 0 atom stereocenters. The molecule has 2 aliphatic heterocycles. The van der Waals surface area contributed by atoms with Gasteiger partial charge < -0.3 is 20.6 Å². The highest BCUT2D eigenvalue weighted by atomic mass is 16.3. The van der Waals surface area contributed by atoms with Crippen LogP contribution in [0.4, 0.5) is 5.69 Å². The summed E-state index contributed by atoms with van der Waals surface area (Å²) in [7, 11) is 0. The van der Waals surface area contributed by atoms with E-state index in [4.69, 9.17) is 15.3 Å². The monoisotopic (exact) mass is 290 g/mol. The molecule has 0 aromatic heterocycles. The average Bonchev–Trinajstić information content (AvgIpc) is 2.97. The second kappa shape index (κ2) is 6.40. The molecular weight excluding hydrogens is 276 g/mol. The number of ketones is 1. The molecule has 0 fully saturated rings. The van der Waals surface area contributed by atoms with Crippen molar-refractivity contribution in [2.45, 2.75) is 6.10 Å². The Bertz CT molecular complexity index is 720. The minimum atomic E-state index is -0.954. The quantitative estimate of drug-likeness (QED) is 0.466. The van der Waals surface area contributed by atoms with Crippen LogP contribution >= 0.6 is 0 Å². The number of carbonyl (C=O) groups is 2. The summed E-state index contributed by atoms with van der Waals surface area (Å²) < 4.78 is 0. The van der Waals surface area contributed by atoms with Crippen LogP contribution in [0.5, 0.6) is 0 Å². The van der Waals surface area contributed by atoms with Gasteiger partial charge in [-0.3, -0.25) is 14.6 Å². The molecule has 0 radical (unpaired) electrons. The lowest BCUT2D eigenvalue weighted by molar-refractivity contribution is -0.131. The number of nitrogens with one attached hydrogen (secondary N) is 1. The first-order chi connectivity index (χ1) is 10.1. The van der Waals surface area contributed by atoms with Gasteiger partial charge in [0.15, 0.2) is 0 Å². The van der Waals surface area contributed by atoms with Crippen molar-refractivity contribution in [1.82, 2.24) is 0 Å². The second-order valence-electron chi connectivity index (χ2n) is 4.39. The summed E-state index contributed by atoms with van der Waals surface area (Å²) in [6.07, 6.45) is 3.89. The minimum Gasteiger partial charge on any atom is -0.394 e. The molecule has 0 spiro atoms. The van der Waals surface area contributed by atoms with Gasteiger partial charge in [-0.15, -0.1) is 0 Å². The van der Waals surface area contributed by atoms with E-state index in [-0.39, 0.29) is 13.2 Å². The fourth-order valence-corrected chi connectivity index (χ4v) is 1.80. The van der Waals surface area contributed by atoms with Crippen LogP contribution in [-0.4, -0.2) is 46.3 Å². The fraction of sp³-hybridized carbons (Fsp3) is 0.214. The zero-order valence-corrected chi connectivity index (χ0v) is 11.0. The standard InChI is InChI=1S/C11H6N2O2.C3H8O3/c14-9-5-6-1-2-8-7(3-4-12-8)10(6)13-11(9)15;4-1-3(6)2-5/h1-5H,(H,13,15);3-6H,1-2H2. The number of carbonyl (C=O) groups excluding carboxylic acids is 2. The third-order valence-electron chi connectivity index (χ3n) is 2.88. The van der Waals surface area contributed by atoms with E-state index in [0.717, 1.165) is 16.1 Å². The predicted molar refractivity (Wildman–Crippen MR) is 74.5 cm³/mol. The molecule has 0 saturated carbocycles. The van der Waals surface area contributed by atoms with Gasteiger partial charge in [-0.2, -0.15) is 0 Å². The van der Waals surface area contributed by atoms with E-state index in [2.05, 4.69) is 10.3 Å². The van der Waals surface area contributed by atoms with Crippen molar-refractivity contribution in [3.8, 4) is 0 Å². The number of anilines is 1. The summed E-state index contributed by atoms with van der Waals surface area (Å²) in [5.74, 6) is -1.10. The van der Waals surface area contributed by atoms with Gasteiger partial charge in [-0.05, 0) is 12.1 Å². The van der Waals surface area contributed by atoms with Crippen molar-refractivity contribution < 1.29 is 24.9 Å². The number of benzene rings is 1. The Morgan fingerprint density at radius 2 is 1.90 bits per heavy atom. The average molecular weight is 290 g/mol. The molecule has 0 bridgehead atoms. The Morgan fingerprint density at radius 3 is 2.52 bits per heavy atom. The molecule has 1 amide bonds. The first kappa shape index (κ1) is 15.0. The van der Waals surface area contributed by atoms with Crippen LogP contribution < -0.4 is 15.9 Å².